The lowest BCUT2D eigenvalue weighted by Gasteiger charge is -2.16. The summed E-state index contributed by atoms with van der Waals surface area (Å²) in [5, 5.41) is 2.85. The fourth-order valence-corrected chi connectivity index (χ4v) is 4.21. The van der Waals surface area contributed by atoms with Crippen LogP contribution < -0.4 is 25.9 Å². The molecule has 4 aromatic rings. The van der Waals surface area contributed by atoms with E-state index in [2.05, 4.69) is 5.32 Å². The molecule has 0 radical (unpaired) electrons. The second-order valence-electron chi connectivity index (χ2n) is 8.50. The largest absolute Gasteiger partial charge is 0.493 e. The first kappa shape index (κ1) is 24.8. The van der Waals surface area contributed by atoms with Gasteiger partial charge in [0.1, 0.15) is 0 Å². The lowest BCUT2D eigenvalue weighted by Crippen LogP contribution is -2.42. The minimum Gasteiger partial charge on any atom is -0.493 e. The summed E-state index contributed by atoms with van der Waals surface area (Å²) >= 11 is 0. The van der Waals surface area contributed by atoms with Gasteiger partial charge < -0.3 is 19.4 Å². The van der Waals surface area contributed by atoms with E-state index in [-0.39, 0.29) is 25.4 Å². The van der Waals surface area contributed by atoms with Gasteiger partial charge in [0.15, 0.2) is 11.5 Å². The Morgan fingerprint density at radius 1 is 0.833 bits per heavy atom. The standard InChI is InChI=1S/C28H29N3O5/c1-19-11-13-20(14-12-19)18-31-23-9-5-4-8-22(23)30(27(33)28(31)34)16-15-25(32)29-17-21-7-6-10-24(35-2)26(21)36-3/h4-14H,15-18H2,1-3H3,(H,29,32). The molecule has 0 aliphatic carbocycles. The number of aromatic nitrogens is 2. The van der Waals surface area contributed by atoms with Crippen LogP contribution in [0.15, 0.2) is 76.3 Å². The van der Waals surface area contributed by atoms with Gasteiger partial charge in [-0.3, -0.25) is 19.0 Å². The highest BCUT2D eigenvalue weighted by molar-refractivity contribution is 5.77. The number of hydrogen-bond donors (Lipinski definition) is 1. The molecule has 0 aliphatic heterocycles. The van der Waals surface area contributed by atoms with E-state index in [0.717, 1.165) is 16.7 Å². The number of para-hydroxylation sites is 3. The van der Waals surface area contributed by atoms with Crippen LogP contribution in [0.4, 0.5) is 0 Å². The fourth-order valence-electron chi connectivity index (χ4n) is 4.21. The van der Waals surface area contributed by atoms with Gasteiger partial charge in [0, 0.05) is 25.1 Å². The van der Waals surface area contributed by atoms with Crippen LogP contribution in [0.1, 0.15) is 23.1 Å². The first-order chi connectivity index (χ1) is 17.4. The van der Waals surface area contributed by atoms with Gasteiger partial charge in [-0.2, -0.15) is 0 Å². The van der Waals surface area contributed by atoms with Gasteiger partial charge in [-0.05, 0) is 30.7 Å². The highest BCUT2D eigenvalue weighted by atomic mass is 16.5. The molecule has 0 spiro atoms. The Hall–Kier alpha value is -4.33. The van der Waals surface area contributed by atoms with Crippen molar-refractivity contribution in [3.05, 3.63) is 104 Å². The molecular formula is C28H29N3O5. The molecule has 0 saturated heterocycles. The Morgan fingerprint density at radius 3 is 2.17 bits per heavy atom. The maximum atomic E-state index is 13.1. The summed E-state index contributed by atoms with van der Waals surface area (Å²) in [5.41, 5.74) is 2.80. The highest BCUT2D eigenvalue weighted by Crippen LogP contribution is 2.30. The second kappa shape index (κ2) is 10.9. The molecule has 0 unspecified atom stereocenters. The van der Waals surface area contributed by atoms with Crippen LogP contribution in [0.5, 0.6) is 11.5 Å². The highest BCUT2D eigenvalue weighted by Gasteiger charge is 2.15. The summed E-state index contributed by atoms with van der Waals surface area (Å²) in [4.78, 5) is 38.8. The molecule has 0 saturated carbocycles. The molecule has 36 heavy (non-hydrogen) atoms. The van der Waals surface area contributed by atoms with Crippen LogP contribution >= 0.6 is 0 Å². The maximum absolute atomic E-state index is 13.1. The normalized spacial score (nSPS) is 10.9. The van der Waals surface area contributed by atoms with Crippen LogP contribution in [0, 0.1) is 6.92 Å². The first-order valence-corrected chi connectivity index (χ1v) is 11.7. The van der Waals surface area contributed by atoms with Crippen molar-refractivity contribution in [3.63, 3.8) is 0 Å². The van der Waals surface area contributed by atoms with Gasteiger partial charge >= 0.3 is 11.1 Å². The number of benzene rings is 3. The lowest BCUT2D eigenvalue weighted by molar-refractivity contribution is -0.121. The van der Waals surface area contributed by atoms with Crippen LogP contribution in [0.25, 0.3) is 11.0 Å². The third kappa shape index (κ3) is 5.17. The van der Waals surface area contributed by atoms with Crippen molar-refractivity contribution in [3.8, 4) is 11.5 Å². The van der Waals surface area contributed by atoms with Gasteiger partial charge in [0.25, 0.3) is 0 Å². The Morgan fingerprint density at radius 2 is 1.50 bits per heavy atom. The van der Waals surface area contributed by atoms with Gasteiger partial charge in [0.2, 0.25) is 5.91 Å². The van der Waals surface area contributed by atoms with E-state index in [9.17, 15) is 14.4 Å². The molecule has 8 nitrogen and oxygen atoms in total. The predicted molar refractivity (Wildman–Crippen MR) is 139 cm³/mol. The topological polar surface area (TPSA) is 91.6 Å². The van der Waals surface area contributed by atoms with E-state index in [1.54, 1.807) is 26.4 Å². The Bertz CT molecular complexity index is 1500. The lowest BCUT2D eigenvalue weighted by atomic mass is 10.1. The number of aryl methyl sites for hydroxylation is 2. The van der Waals surface area contributed by atoms with Gasteiger partial charge in [-0.25, -0.2) is 0 Å². The smallest absolute Gasteiger partial charge is 0.317 e. The monoisotopic (exact) mass is 487 g/mol. The zero-order valence-corrected chi connectivity index (χ0v) is 20.6. The summed E-state index contributed by atoms with van der Waals surface area (Å²) < 4.78 is 13.6. The molecular weight excluding hydrogens is 458 g/mol. The van der Waals surface area contributed by atoms with Crippen molar-refractivity contribution < 1.29 is 14.3 Å². The molecule has 186 valence electrons. The summed E-state index contributed by atoms with van der Waals surface area (Å²) in [7, 11) is 3.10. The Kier molecular flexibility index (Phi) is 7.53. The molecule has 0 aliphatic rings. The predicted octanol–water partition coefficient (Wildman–Crippen LogP) is 3.24. The molecule has 0 bridgehead atoms. The van der Waals surface area contributed by atoms with Crippen LogP contribution in [-0.2, 0) is 24.4 Å². The van der Waals surface area contributed by atoms with E-state index in [0.29, 0.717) is 29.1 Å². The molecule has 8 heteroatoms. The number of methoxy groups -OCH3 is 2. The molecule has 3 aromatic carbocycles. The number of nitrogens with one attached hydrogen (secondary N) is 1. The van der Waals surface area contributed by atoms with Crippen molar-refractivity contribution >= 4 is 16.9 Å². The number of amides is 1. The third-order valence-corrected chi connectivity index (χ3v) is 6.12. The van der Waals surface area contributed by atoms with Crippen LogP contribution in [0.2, 0.25) is 0 Å². The van der Waals surface area contributed by atoms with Crippen LogP contribution in [-0.4, -0.2) is 29.3 Å². The number of carbonyl (C=O) groups is 1. The van der Waals surface area contributed by atoms with E-state index in [1.165, 1.54) is 9.13 Å². The summed E-state index contributed by atoms with van der Waals surface area (Å²) in [6.45, 7) is 2.61. The SMILES string of the molecule is COc1cccc(CNC(=O)CCn2c(=O)c(=O)n(Cc3ccc(C)cc3)c3ccccc32)c1OC. The fraction of sp³-hybridized carbons (Fsp3) is 0.250. The molecule has 1 N–H and O–H groups in total. The molecule has 4 rings (SSSR count). The van der Waals surface area contributed by atoms with Crippen molar-refractivity contribution in [1.82, 2.24) is 14.5 Å². The van der Waals surface area contributed by atoms with E-state index in [1.807, 2.05) is 61.5 Å². The molecule has 0 atom stereocenters. The molecule has 0 fully saturated rings. The maximum Gasteiger partial charge on any atom is 0.317 e. The first-order valence-electron chi connectivity index (χ1n) is 11.7. The van der Waals surface area contributed by atoms with Gasteiger partial charge in [0.05, 0.1) is 31.8 Å². The zero-order valence-electron chi connectivity index (χ0n) is 20.6. The number of fused-ring (bicyclic) bond motifs is 1. The number of rotatable bonds is 9. The second-order valence-corrected chi connectivity index (χ2v) is 8.50. The molecule has 1 heterocycles. The van der Waals surface area contributed by atoms with Crippen molar-refractivity contribution in [2.45, 2.75) is 33.0 Å². The summed E-state index contributed by atoms with van der Waals surface area (Å²) in [5.74, 6) is 0.882. The van der Waals surface area contributed by atoms with Gasteiger partial charge in [-0.15, -0.1) is 0 Å². The average molecular weight is 488 g/mol. The third-order valence-electron chi connectivity index (χ3n) is 6.12. The van der Waals surface area contributed by atoms with E-state index in [4.69, 9.17) is 9.47 Å². The minimum atomic E-state index is -0.650. The molecule has 1 aromatic heterocycles. The number of nitrogens with zero attached hydrogens (tertiary/aromatic N) is 2. The van der Waals surface area contributed by atoms with Crippen molar-refractivity contribution in [2.24, 2.45) is 0 Å². The van der Waals surface area contributed by atoms with Crippen molar-refractivity contribution in [1.29, 1.82) is 0 Å². The van der Waals surface area contributed by atoms with E-state index >= 15 is 0 Å². The zero-order chi connectivity index (χ0) is 25.7. The minimum absolute atomic E-state index is 0.0393. The Balaban J connectivity index is 1.54. The van der Waals surface area contributed by atoms with Gasteiger partial charge in [-0.1, -0.05) is 54.1 Å². The summed E-state index contributed by atoms with van der Waals surface area (Å²) in [6, 6.07) is 20.5. The van der Waals surface area contributed by atoms with Crippen molar-refractivity contribution in [2.75, 3.05) is 14.2 Å². The number of ether oxygens (including phenoxy) is 2. The Labute approximate surface area is 208 Å². The summed E-state index contributed by atoms with van der Waals surface area (Å²) in [6.07, 6.45) is 0.0393. The van der Waals surface area contributed by atoms with Crippen LogP contribution in [0.3, 0.4) is 0 Å². The number of hydrogen-bond acceptors (Lipinski definition) is 5. The van der Waals surface area contributed by atoms with E-state index < -0.39 is 11.1 Å². The quantitative estimate of drug-likeness (QED) is 0.366. The number of carbonyl (C=O) groups excluding carboxylic acids is 1. The average Bonchev–Trinajstić information content (AvgIpc) is 2.90. The molecule has 1 amide bonds.